The van der Waals surface area contributed by atoms with Crippen LogP contribution in [-0.2, 0) is 9.59 Å². The van der Waals surface area contributed by atoms with Gasteiger partial charge < -0.3 is 10.4 Å². The molecule has 0 heterocycles. The van der Waals surface area contributed by atoms with Crippen molar-refractivity contribution >= 4 is 11.9 Å². The fraction of sp³-hybridized carbons (Fsp3) is 0.600. The van der Waals surface area contributed by atoms with Crippen molar-refractivity contribution in [2.75, 3.05) is 0 Å². The van der Waals surface area contributed by atoms with Crippen LogP contribution in [0.2, 0.25) is 0 Å². The Kier molecular flexibility index (Phi) is 2.06. The molecule has 0 aromatic rings. The molecule has 0 aliphatic heterocycles. The molecule has 0 aromatic carbocycles. The molecule has 1 unspecified atom stereocenters. The van der Waals surface area contributed by atoms with Gasteiger partial charge in [-0.1, -0.05) is 0 Å². The molecule has 0 bridgehead atoms. The average molecular weight is 132 g/mol. The summed E-state index contributed by atoms with van der Waals surface area (Å²) in [4.78, 5) is 20.4. The molecule has 0 aromatic heterocycles. The number of carboxylic acids is 1. The summed E-state index contributed by atoms with van der Waals surface area (Å²) in [5.74, 6) is -1.90. The van der Waals surface area contributed by atoms with Gasteiger partial charge in [-0.2, -0.15) is 0 Å². The van der Waals surface area contributed by atoms with Gasteiger partial charge in [0, 0.05) is 6.92 Å². The standard InChI is InChI=1S/C5H9NO3/c1-3(5(8)9)6-4(2)7/h3H,1-2H3,(H,6,7)(H,8,9)/i3D. The Morgan fingerprint density at radius 1 is 1.78 bits per heavy atom. The third kappa shape index (κ3) is 3.52. The number of carbonyl (C=O) groups excluding carboxylic acids is 1. The van der Waals surface area contributed by atoms with Crippen molar-refractivity contribution < 1.29 is 16.1 Å². The van der Waals surface area contributed by atoms with Crippen LogP contribution in [0.3, 0.4) is 0 Å². The van der Waals surface area contributed by atoms with E-state index in [0.717, 1.165) is 13.8 Å². The van der Waals surface area contributed by atoms with Crippen LogP contribution in [0.25, 0.3) is 0 Å². The minimum atomic E-state index is -1.91. The smallest absolute Gasteiger partial charge is 0.325 e. The van der Waals surface area contributed by atoms with Gasteiger partial charge in [-0.05, 0) is 6.92 Å². The summed E-state index contributed by atoms with van der Waals surface area (Å²) in [6, 6.07) is -1.91. The minimum Gasteiger partial charge on any atom is -0.480 e. The predicted octanol–water partition coefficient (Wildman–Crippen LogP) is -0.404. The molecule has 0 aliphatic rings. The number of hydrogen-bond donors (Lipinski definition) is 2. The zero-order chi connectivity index (χ0) is 8.36. The molecule has 2 N–H and O–H groups in total. The normalized spacial score (nSPS) is 17.3. The number of rotatable bonds is 2. The van der Waals surface area contributed by atoms with E-state index in [9.17, 15) is 9.59 Å². The minimum absolute atomic E-state index is 0.528. The molecular weight excluding hydrogens is 122 g/mol. The topological polar surface area (TPSA) is 66.4 Å². The molecule has 0 aliphatic carbocycles. The fourth-order valence-electron chi connectivity index (χ4n) is 0.318. The first-order chi connectivity index (χ1) is 4.36. The van der Waals surface area contributed by atoms with Crippen molar-refractivity contribution in [3.63, 3.8) is 0 Å². The quantitative estimate of drug-likeness (QED) is 0.537. The maximum Gasteiger partial charge on any atom is 0.325 e. The molecule has 0 rings (SSSR count). The number of hydrogen-bond acceptors (Lipinski definition) is 2. The summed E-state index contributed by atoms with van der Waals surface area (Å²) >= 11 is 0. The first kappa shape index (κ1) is 6.07. The van der Waals surface area contributed by atoms with Gasteiger partial charge in [0.05, 0.1) is 1.37 Å². The van der Waals surface area contributed by atoms with E-state index in [1.165, 1.54) is 0 Å². The van der Waals surface area contributed by atoms with Gasteiger partial charge in [-0.25, -0.2) is 0 Å². The number of amides is 1. The summed E-state index contributed by atoms with van der Waals surface area (Å²) in [5, 5.41) is 10.2. The first-order valence-electron chi connectivity index (χ1n) is 2.88. The first-order valence-corrected chi connectivity index (χ1v) is 2.38. The molecule has 1 amide bonds. The molecule has 4 heteroatoms. The summed E-state index contributed by atoms with van der Waals surface area (Å²) in [5.41, 5.74) is 0. The van der Waals surface area contributed by atoms with E-state index in [-0.39, 0.29) is 0 Å². The second-order valence-corrected chi connectivity index (χ2v) is 1.61. The highest BCUT2D eigenvalue weighted by molar-refractivity contribution is 5.81. The molecule has 4 nitrogen and oxygen atoms in total. The molecule has 0 saturated heterocycles. The lowest BCUT2D eigenvalue weighted by molar-refractivity contribution is -0.140. The van der Waals surface area contributed by atoms with Gasteiger partial charge in [0.1, 0.15) is 6.02 Å². The van der Waals surface area contributed by atoms with Gasteiger partial charge in [0.25, 0.3) is 0 Å². The Bertz CT molecular complexity index is 166. The van der Waals surface area contributed by atoms with Gasteiger partial charge in [-0.3, -0.25) is 9.59 Å². The SMILES string of the molecule is [2H]C(C)(NC(C)=O)C(=O)O. The molecule has 1 atom stereocenters. The van der Waals surface area contributed by atoms with Crippen molar-refractivity contribution in [1.82, 2.24) is 5.32 Å². The van der Waals surface area contributed by atoms with Crippen LogP contribution in [0.1, 0.15) is 15.2 Å². The molecular formula is C5H9NO3. The lowest BCUT2D eigenvalue weighted by Gasteiger charge is -2.04. The van der Waals surface area contributed by atoms with Crippen molar-refractivity contribution in [1.29, 1.82) is 0 Å². The van der Waals surface area contributed by atoms with E-state index >= 15 is 0 Å². The Hall–Kier alpha value is -1.06. The van der Waals surface area contributed by atoms with Crippen LogP contribution in [0, 0.1) is 0 Å². The Morgan fingerprint density at radius 3 is 2.33 bits per heavy atom. The lowest BCUT2D eigenvalue weighted by atomic mass is 10.3. The van der Waals surface area contributed by atoms with Crippen LogP contribution < -0.4 is 5.32 Å². The third-order valence-corrected chi connectivity index (χ3v) is 0.684. The largest absolute Gasteiger partial charge is 0.480 e. The molecule has 0 spiro atoms. The Morgan fingerprint density at radius 2 is 2.22 bits per heavy atom. The number of carbonyl (C=O) groups is 2. The maximum atomic E-state index is 10.3. The third-order valence-electron chi connectivity index (χ3n) is 0.684. The summed E-state index contributed by atoms with van der Waals surface area (Å²) in [6.45, 7) is 2.26. The molecule has 52 valence electrons. The highest BCUT2D eigenvalue weighted by atomic mass is 16.4. The zero-order valence-electron chi connectivity index (χ0n) is 6.26. The van der Waals surface area contributed by atoms with Crippen molar-refractivity contribution in [3.05, 3.63) is 0 Å². The van der Waals surface area contributed by atoms with Gasteiger partial charge in [-0.15, -0.1) is 0 Å². The predicted molar refractivity (Wildman–Crippen MR) is 30.9 cm³/mol. The van der Waals surface area contributed by atoms with E-state index < -0.39 is 17.9 Å². The molecule has 0 saturated carbocycles. The Balaban J connectivity index is 4.13. The van der Waals surface area contributed by atoms with E-state index in [4.69, 9.17) is 6.48 Å². The van der Waals surface area contributed by atoms with Crippen LogP contribution >= 0.6 is 0 Å². The van der Waals surface area contributed by atoms with Gasteiger partial charge >= 0.3 is 5.97 Å². The highest BCUT2D eigenvalue weighted by Crippen LogP contribution is 1.78. The summed E-state index contributed by atoms with van der Waals surface area (Å²) in [6.07, 6.45) is 0. The monoisotopic (exact) mass is 132 g/mol. The maximum absolute atomic E-state index is 10.3. The van der Waals surface area contributed by atoms with Crippen molar-refractivity contribution in [3.8, 4) is 0 Å². The van der Waals surface area contributed by atoms with E-state index in [1.54, 1.807) is 0 Å². The van der Waals surface area contributed by atoms with Crippen molar-refractivity contribution in [2.24, 2.45) is 0 Å². The average Bonchev–Trinajstić information content (AvgIpc) is 1.60. The van der Waals surface area contributed by atoms with Crippen molar-refractivity contribution in [2.45, 2.75) is 19.9 Å². The summed E-state index contributed by atoms with van der Waals surface area (Å²) < 4.78 is 6.98. The lowest BCUT2D eigenvalue weighted by Crippen LogP contribution is -2.36. The number of nitrogens with one attached hydrogen (secondary N) is 1. The van der Waals surface area contributed by atoms with Gasteiger partial charge in [0.2, 0.25) is 5.91 Å². The van der Waals surface area contributed by atoms with Crippen LogP contribution in [0.5, 0.6) is 0 Å². The van der Waals surface area contributed by atoms with Crippen LogP contribution in [0.4, 0.5) is 0 Å². The second-order valence-electron chi connectivity index (χ2n) is 1.61. The molecule has 0 radical (unpaired) electrons. The van der Waals surface area contributed by atoms with Crippen LogP contribution in [-0.4, -0.2) is 23.0 Å². The van der Waals surface area contributed by atoms with E-state index in [2.05, 4.69) is 0 Å². The number of aliphatic carboxylic acids is 1. The van der Waals surface area contributed by atoms with Gasteiger partial charge in [0.15, 0.2) is 0 Å². The van der Waals surface area contributed by atoms with E-state index in [1.807, 2.05) is 5.32 Å². The van der Waals surface area contributed by atoms with Crippen LogP contribution in [0.15, 0.2) is 0 Å². The zero-order valence-corrected chi connectivity index (χ0v) is 5.26. The Labute approximate surface area is 54.3 Å². The molecule has 9 heavy (non-hydrogen) atoms. The van der Waals surface area contributed by atoms with E-state index in [0.29, 0.717) is 0 Å². The second kappa shape index (κ2) is 3.06. The fourth-order valence-corrected chi connectivity index (χ4v) is 0.318. The highest BCUT2D eigenvalue weighted by Gasteiger charge is 2.09. The molecule has 0 fully saturated rings. The summed E-state index contributed by atoms with van der Waals surface area (Å²) in [7, 11) is 0. The number of carboxylic acid groups (broad SMARTS) is 1.